The highest BCUT2D eigenvalue weighted by Gasteiger charge is 2.09. The monoisotopic (exact) mass is 242 g/mol. The Hall–Kier alpha value is -2.33. The molecule has 0 aliphatic heterocycles. The van der Waals surface area contributed by atoms with Gasteiger partial charge in [0.05, 0.1) is 11.4 Å². The van der Waals surface area contributed by atoms with Crippen LogP contribution in [0.3, 0.4) is 0 Å². The van der Waals surface area contributed by atoms with Crippen LogP contribution in [0, 0.1) is 0 Å². The maximum atomic E-state index is 10.7. The Bertz CT molecular complexity index is 460. The summed E-state index contributed by atoms with van der Waals surface area (Å²) in [6.45, 7) is -0.135. The summed E-state index contributed by atoms with van der Waals surface area (Å²) in [6.07, 6.45) is 0. The van der Waals surface area contributed by atoms with Crippen molar-refractivity contribution in [2.75, 3.05) is 11.6 Å². The van der Waals surface area contributed by atoms with Gasteiger partial charge in [-0.05, 0) is 24.3 Å². The van der Waals surface area contributed by atoms with Gasteiger partial charge in [0.15, 0.2) is 0 Å². The second-order valence-corrected chi connectivity index (χ2v) is 3.74. The normalized spacial score (nSPS) is 10.0. The van der Waals surface area contributed by atoms with Crippen LogP contribution in [-0.4, -0.2) is 17.6 Å². The van der Waals surface area contributed by atoms with Gasteiger partial charge in [0.2, 0.25) is 0 Å². The highest BCUT2D eigenvalue weighted by Crippen LogP contribution is 2.22. The summed E-state index contributed by atoms with van der Waals surface area (Å²) in [5.41, 5.74) is 4.67. The SMILES string of the molecule is O=C(O)CNN(c1ccccc1)c1ccccc1. The second-order valence-electron chi connectivity index (χ2n) is 3.74. The molecule has 92 valence electrons. The smallest absolute Gasteiger partial charge is 0.319 e. The van der Waals surface area contributed by atoms with Crippen molar-refractivity contribution in [1.82, 2.24) is 5.43 Å². The number of hydrogen-bond acceptors (Lipinski definition) is 3. The predicted octanol–water partition coefficient (Wildman–Crippen LogP) is 2.41. The van der Waals surface area contributed by atoms with Crippen molar-refractivity contribution >= 4 is 17.3 Å². The molecule has 2 N–H and O–H groups in total. The van der Waals surface area contributed by atoms with E-state index in [0.29, 0.717) is 0 Å². The Morgan fingerprint density at radius 2 is 1.39 bits per heavy atom. The maximum absolute atomic E-state index is 10.7. The lowest BCUT2D eigenvalue weighted by Gasteiger charge is -2.24. The third-order valence-corrected chi connectivity index (χ3v) is 2.42. The Labute approximate surface area is 105 Å². The number of benzene rings is 2. The molecule has 0 saturated heterocycles. The van der Waals surface area contributed by atoms with Crippen molar-refractivity contribution in [3.8, 4) is 0 Å². The number of rotatable bonds is 5. The minimum absolute atomic E-state index is 0.135. The summed E-state index contributed by atoms with van der Waals surface area (Å²) in [4.78, 5) is 10.7. The van der Waals surface area contributed by atoms with Crippen LogP contribution in [0.25, 0.3) is 0 Å². The first-order valence-corrected chi connectivity index (χ1v) is 5.63. The van der Waals surface area contributed by atoms with Crippen LogP contribution in [0.5, 0.6) is 0 Å². The average Bonchev–Trinajstić information content (AvgIpc) is 2.41. The molecule has 0 spiro atoms. The number of anilines is 2. The fourth-order valence-corrected chi connectivity index (χ4v) is 1.63. The van der Waals surface area contributed by atoms with E-state index in [9.17, 15) is 4.79 Å². The number of para-hydroxylation sites is 2. The molecular formula is C14H14N2O2. The third kappa shape index (κ3) is 3.09. The fourth-order valence-electron chi connectivity index (χ4n) is 1.63. The van der Waals surface area contributed by atoms with Gasteiger partial charge in [0.1, 0.15) is 6.54 Å². The molecule has 0 atom stereocenters. The molecule has 4 nitrogen and oxygen atoms in total. The van der Waals surface area contributed by atoms with Gasteiger partial charge in [0, 0.05) is 0 Å². The van der Waals surface area contributed by atoms with Gasteiger partial charge in [-0.15, -0.1) is 0 Å². The summed E-state index contributed by atoms with van der Waals surface area (Å²) in [5, 5.41) is 10.5. The lowest BCUT2D eigenvalue weighted by Crippen LogP contribution is -2.37. The van der Waals surface area contributed by atoms with Crippen molar-refractivity contribution in [3.05, 3.63) is 60.7 Å². The third-order valence-electron chi connectivity index (χ3n) is 2.42. The molecule has 0 amide bonds. The second kappa shape index (κ2) is 5.84. The first-order valence-electron chi connectivity index (χ1n) is 5.63. The topological polar surface area (TPSA) is 52.6 Å². The van der Waals surface area contributed by atoms with Crippen LogP contribution < -0.4 is 10.4 Å². The first kappa shape index (κ1) is 12.1. The summed E-state index contributed by atoms with van der Waals surface area (Å²) in [6, 6.07) is 19.2. The molecule has 0 aliphatic rings. The van der Waals surface area contributed by atoms with E-state index >= 15 is 0 Å². The van der Waals surface area contributed by atoms with Crippen molar-refractivity contribution < 1.29 is 9.90 Å². The molecule has 0 aromatic heterocycles. The van der Waals surface area contributed by atoms with E-state index in [1.807, 2.05) is 60.7 Å². The first-order chi connectivity index (χ1) is 8.77. The molecule has 0 bridgehead atoms. The zero-order chi connectivity index (χ0) is 12.8. The number of carbonyl (C=O) groups is 1. The van der Waals surface area contributed by atoms with E-state index in [1.165, 1.54) is 0 Å². The van der Waals surface area contributed by atoms with E-state index in [1.54, 1.807) is 5.01 Å². The van der Waals surface area contributed by atoms with Crippen LogP contribution >= 0.6 is 0 Å². The molecule has 4 heteroatoms. The molecule has 0 unspecified atom stereocenters. The van der Waals surface area contributed by atoms with Crippen molar-refractivity contribution in [3.63, 3.8) is 0 Å². The summed E-state index contributed by atoms with van der Waals surface area (Å²) < 4.78 is 0. The van der Waals surface area contributed by atoms with E-state index in [4.69, 9.17) is 5.11 Å². The molecule has 18 heavy (non-hydrogen) atoms. The number of aliphatic carboxylic acids is 1. The molecular weight excluding hydrogens is 228 g/mol. The summed E-state index contributed by atoms with van der Waals surface area (Å²) in [5.74, 6) is -0.896. The van der Waals surface area contributed by atoms with Crippen LogP contribution in [0.15, 0.2) is 60.7 Å². The summed E-state index contributed by atoms with van der Waals surface area (Å²) in [7, 11) is 0. The zero-order valence-electron chi connectivity index (χ0n) is 9.78. The van der Waals surface area contributed by atoms with Gasteiger partial charge in [-0.2, -0.15) is 0 Å². The zero-order valence-corrected chi connectivity index (χ0v) is 9.78. The van der Waals surface area contributed by atoms with Crippen molar-refractivity contribution in [1.29, 1.82) is 0 Å². The molecule has 0 fully saturated rings. The molecule has 0 aliphatic carbocycles. The van der Waals surface area contributed by atoms with Gasteiger partial charge in [0.25, 0.3) is 0 Å². The van der Waals surface area contributed by atoms with E-state index in [2.05, 4.69) is 5.43 Å². The van der Waals surface area contributed by atoms with Crippen LogP contribution in [-0.2, 0) is 4.79 Å². The van der Waals surface area contributed by atoms with Gasteiger partial charge >= 0.3 is 5.97 Å². The molecule has 0 heterocycles. The van der Waals surface area contributed by atoms with Gasteiger partial charge in [-0.1, -0.05) is 36.4 Å². The molecule has 0 saturated carbocycles. The number of hydrazine groups is 1. The predicted molar refractivity (Wildman–Crippen MR) is 70.7 cm³/mol. The van der Waals surface area contributed by atoms with E-state index < -0.39 is 5.97 Å². The minimum Gasteiger partial charge on any atom is -0.480 e. The highest BCUT2D eigenvalue weighted by molar-refractivity contribution is 5.70. The lowest BCUT2D eigenvalue weighted by atomic mass is 10.2. The van der Waals surface area contributed by atoms with Crippen LogP contribution in [0.4, 0.5) is 11.4 Å². The lowest BCUT2D eigenvalue weighted by molar-refractivity contribution is -0.135. The van der Waals surface area contributed by atoms with Gasteiger partial charge < -0.3 is 5.11 Å². The van der Waals surface area contributed by atoms with E-state index in [-0.39, 0.29) is 6.54 Å². The standard InChI is InChI=1S/C14H14N2O2/c17-14(18)11-15-16(12-7-3-1-4-8-12)13-9-5-2-6-10-13/h1-10,15H,11H2,(H,17,18). The quantitative estimate of drug-likeness (QED) is 0.791. The number of hydrogen-bond donors (Lipinski definition) is 2. The Balaban J connectivity index is 2.26. The molecule has 0 radical (unpaired) electrons. The Kier molecular flexibility index (Phi) is 3.94. The minimum atomic E-state index is -0.896. The number of carboxylic acids is 1. The van der Waals surface area contributed by atoms with Gasteiger partial charge in [-0.3, -0.25) is 9.80 Å². The number of carboxylic acid groups (broad SMARTS) is 1. The fraction of sp³-hybridized carbons (Fsp3) is 0.0714. The molecule has 2 aromatic rings. The number of nitrogens with one attached hydrogen (secondary N) is 1. The highest BCUT2D eigenvalue weighted by atomic mass is 16.4. The molecule has 2 rings (SSSR count). The Morgan fingerprint density at radius 3 is 1.78 bits per heavy atom. The van der Waals surface area contributed by atoms with E-state index in [0.717, 1.165) is 11.4 Å². The molecule has 2 aromatic carbocycles. The number of nitrogens with zero attached hydrogens (tertiary/aromatic N) is 1. The van der Waals surface area contributed by atoms with Crippen LogP contribution in [0.2, 0.25) is 0 Å². The van der Waals surface area contributed by atoms with Gasteiger partial charge in [-0.25, -0.2) is 5.43 Å². The van der Waals surface area contributed by atoms with Crippen LogP contribution in [0.1, 0.15) is 0 Å². The Morgan fingerprint density at radius 1 is 0.944 bits per heavy atom. The van der Waals surface area contributed by atoms with Crippen molar-refractivity contribution in [2.24, 2.45) is 0 Å². The largest absolute Gasteiger partial charge is 0.480 e. The average molecular weight is 242 g/mol. The van der Waals surface area contributed by atoms with Crippen molar-refractivity contribution in [2.45, 2.75) is 0 Å². The maximum Gasteiger partial charge on any atom is 0.319 e. The summed E-state index contributed by atoms with van der Waals surface area (Å²) >= 11 is 0.